The number of hydrogen-bond acceptors (Lipinski definition) is 5. The quantitative estimate of drug-likeness (QED) is 0.696. The zero-order chi connectivity index (χ0) is 21.0. The van der Waals surface area contributed by atoms with Gasteiger partial charge in [-0.15, -0.1) is 0 Å². The highest BCUT2D eigenvalue weighted by atomic mass is 35.5. The highest BCUT2D eigenvalue weighted by molar-refractivity contribution is 6.32. The number of hydrogen-bond donors (Lipinski definition) is 2. The number of carbonyl (C=O) groups excluding carboxylic acids is 1. The molecule has 1 aliphatic heterocycles. The fourth-order valence-corrected chi connectivity index (χ4v) is 3.52. The van der Waals surface area contributed by atoms with E-state index in [9.17, 15) is 4.79 Å². The second-order valence-electron chi connectivity index (χ2n) is 7.35. The van der Waals surface area contributed by atoms with Crippen LogP contribution in [0.25, 0.3) is 0 Å². The first kappa shape index (κ1) is 21.3. The third kappa shape index (κ3) is 5.14. The van der Waals surface area contributed by atoms with Crippen LogP contribution in [0.4, 0.5) is 5.69 Å². The van der Waals surface area contributed by atoms with Crippen LogP contribution < -0.4 is 24.8 Å². The van der Waals surface area contributed by atoms with Gasteiger partial charge in [0, 0.05) is 11.7 Å². The van der Waals surface area contributed by atoms with Gasteiger partial charge < -0.3 is 19.5 Å². The van der Waals surface area contributed by atoms with Crippen LogP contribution in [0, 0.1) is 5.92 Å². The fourth-order valence-electron chi connectivity index (χ4n) is 3.27. The summed E-state index contributed by atoms with van der Waals surface area (Å²) in [5.74, 6) is 2.18. The first-order valence-corrected chi connectivity index (χ1v) is 10.1. The number of ether oxygens (including phenoxy) is 3. The summed E-state index contributed by atoms with van der Waals surface area (Å²) in [6.07, 6.45) is 0. The minimum absolute atomic E-state index is 0.0222. The number of anilines is 1. The van der Waals surface area contributed by atoms with E-state index >= 15 is 0 Å². The van der Waals surface area contributed by atoms with E-state index in [1.807, 2.05) is 25.1 Å². The van der Waals surface area contributed by atoms with E-state index in [1.165, 1.54) is 0 Å². The maximum Gasteiger partial charge on any atom is 0.241 e. The zero-order valence-corrected chi connectivity index (χ0v) is 17.9. The van der Waals surface area contributed by atoms with E-state index < -0.39 is 6.04 Å². The van der Waals surface area contributed by atoms with Crippen molar-refractivity contribution in [2.45, 2.75) is 32.9 Å². The summed E-state index contributed by atoms with van der Waals surface area (Å²) in [5, 5.41) is 6.77. The Morgan fingerprint density at radius 1 is 1.07 bits per heavy atom. The Morgan fingerprint density at radius 2 is 1.79 bits per heavy atom. The van der Waals surface area contributed by atoms with Gasteiger partial charge in [0.25, 0.3) is 0 Å². The average molecular weight is 419 g/mol. The van der Waals surface area contributed by atoms with Crippen molar-refractivity contribution in [3.8, 4) is 17.2 Å². The van der Waals surface area contributed by atoms with Gasteiger partial charge >= 0.3 is 0 Å². The number of halogens is 1. The Kier molecular flexibility index (Phi) is 6.87. The fraction of sp³-hybridized carbons (Fsp3) is 0.409. The van der Waals surface area contributed by atoms with Gasteiger partial charge in [-0.2, -0.15) is 0 Å². The molecule has 0 spiro atoms. The van der Waals surface area contributed by atoms with E-state index in [0.29, 0.717) is 29.7 Å². The second-order valence-corrected chi connectivity index (χ2v) is 7.76. The molecule has 3 rings (SSSR count). The van der Waals surface area contributed by atoms with Gasteiger partial charge in [-0.3, -0.25) is 10.1 Å². The molecule has 7 heteroatoms. The van der Waals surface area contributed by atoms with Gasteiger partial charge in [-0.25, -0.2) is 0 Å². The summed E-state index contributed by atoms with van der Waals surface area (Å²) in [6.45, 7) is 7.17. The Bertz CT molecular complexity index is 872. The molecule has 2 aromatic carbocycles. The van der Waals surface area contributed by atoms with Crippen molar-refractivity contribution in [1.82, 2.24) is 5.32 Å². The lowest BCUT2D eigenvalue weighted by Crippen LogP contribution is -2.41. The number of rotatable bonds is 7. The van der Waals surface area contributed by atoms with Crippen LogP contribution in [0.2, 0.25) is 5.02 Å². The summed E-state index contributed by atoms with van der Waals surface area (Å²) < 4.78 is 16.4. The van der Waals surface area contributed by atoms with Gasteiger partial charge in [0.1, 0.15) is 19.0 Å². The van der Waals surface area contributed by atoms with Gasteiger partial charge in [-0.05, 0) is 48.7 Å². The number of benzene rings is 2. The minimum atomic E-state index is -0.420. The normalized spacial score (nSPS) is 15.0. The molecule has 156 valence electrons. The maximum absolute atomic E-state index is 12.7. The number of nitrogens with one attached hydrogen (secondary N) is 2. The largest absolute Gasteiger partial charge is 0.495 e. The molecule has 0 fully saturated rings. The maximum atomic E-state index is 12.7. The van der Waals surface area contributed by atoms with Crippen LogP contribution in [0.1, 0.15) is 32.4 Å². The van der Waals surface area contributed by atoms with Crippen molar-refractivity contribution in [2.24, 2.45) is 5.92 Å². The molecule has 0 radical (unpaired) electrons. The Hall–Kier alpha value is -2.44. The zero-order valence-electron chi connectivity index (χ0n) is 17.1. The molecule has 2 atom stereocenters. The minimum Gasteiger partial charge on any atom is -0.495 e. The molecule has 0 saturated carbocycles. The van der Waals surface area contributed by atoms with E-state index in [1.54, 1.807) is 25.3 Å². The van der Waals surface area contributed by atoms with Crippen LogP contribution in [-0.2, 0) is 4.79 Å². The van der Waals surface area contributed by atoms with Crippen LogP contribution in [-0.4, -0.2) is 32.3 Å². The molecule has 2 aromatic rings. The molecular formula is C22H27ClN2O4. The molecule has 1 heterocycles. The molecule has 0 saturated heterocycles. The Morgan fingerprint density at radius 3 is 2.45 bits per heavy atom. The SMILES string of the molecule is COc1ccc(NC(=O)C(C)NC(c2ccc3c(c2)OCCO3)C(C)C)cc1Cl. The lowest BCUT2D eigenvalue weighted by atomic mass is 9.94. The van der Waals surface area contributed by atoms with Crippen molar-refractivity contribution < 1.29 is 19.0 Å². The summed E-state index contributed by atoms with van der Waals surface area (Å²) in [6, 6.07) is 10.6. The van der Waals surface area contributed by atoms with Crippen molar-refractivity contribution in [1.29, 1.82) is 0 Å². The Labute approximate surface area is 176 Å². The molecule has 0 aliphatic carbocycles. The molecule has 0 aromatic heterocycles. The first-order valence-electron chi connectivity index (χ1n) is 9.69. The average Bonchev–Trinajstić information content (AvgIpc) is 2.71. The molecule has 29 heavy (non-hydrogen) atoms. The van der Waals surface area contributed by atoms with Crippen LogP contribution in [0.5, 0.6) is 17.2 Å². The van der Waals surface area contributed by atoms with Gasteiger partial charge in [0.05, 0.1) is 18.2 Å². The smallest absolute Gasteiger partial charge is 0.241 e. The van der Waals surface area contributed by atoms with Crippen molar-refractivity contribution in [3.05, 3.63) is 47.0 Å². The topological polar surface area (TPSA) is 68.8 Å². The summed E-state index contributed by atoms with van der Waals surface area (Å²) in [4.78, 5) is 12.7. The molecule has 1 amide bonds. The summed E-state index contributed by atoms with van der Waals surface area (Å²) in [5.41, 5.74) is 1.67. The first-order chi connectivity index (χ1) is 13.9. The van der Waals surface area contributed by atoms with Crippen LogP contribution in [0.3, 0.4) is 0 Å². The van der Waals surface area contributed by atoms with Crippen LogP contribution >= 0.6 is 11.6 Å². The van der Waals surface area contributed by atoms with Crippen molar-refractivity contribution >= 4 is 23.2 Å². The molecule has 0 bridgehead atoms. The standard InChI is InChI=1S/C22H27ClN2O4/c1-13(2)21(15-5-7-19-20(11-15)29-10-9-28-19)24-14(3)22(26)25-16-6-8-18(27-4)17(23)12-16/h5-8,11-14,21,24H,9-10H2,1-4H3,(H,25,26). The molecule has 1 aliphatic rings. The van der Waals surface area contributed by atoms with Gasteiger partial charge in [-0.1, -0.05) is 31.5 Å². The lowest BCUT2D eigenvalue weighted by Gasteiger charge is -2.28. The van der Waals surface area contributed by atoms with E-state index in [4.69, 9.17) is 25.8 Å². The summed E-state index contributed by atoms with van der Waals surface area (Å²) in [7, 11) is 1.55. The number of fused-ring (bicyclic) bond motifs is 1. The predicted molar refractivity (Wildman–Crippen MR) is 114 cm³/mol. The number of methoxy groups -OCH3 is 1. The highest BCUT2D eigenvalue weighted by Gasteiger charge is 2.24. The Balaban J connectivity index is 1.70. The lowest BCUT2D eigenvalue weighted by molar-refractivity contribution is -0.118. The molecular weight excluding hydrogens is 392 g/mol. The second kappa shape index (κ2) is 9.37. The van der Waals surface area contributed by atoms with Crippen molar-refractivity contribution in [2.75, 3.05) is 25.6 Å². The van der Waals surface area contributed by atoms with Gasteiger partial charge in [0.2, 0.25) is 5.91 Å². The van der Waals surface area contributed by atoms with E-state index in [2.05, 4.69) is 24.5 Å². The monoisotopic (exact) mass is 418 g/mol. The van der Waals surface area contributed by atoms with Gasteiger partial charge in [0.15, 0.2) is 11.5 Å². The van der Waals surface area contributed by atoms with E-state index in [-0.39, 0.29) is 17.9 Å². The summed E-state index contributed by atoms with van der Waals surface area (Å²) >= 11 is 6.14. The van der Waals surface area contributed by atoms with Crippen LogP contribution in [0.15, 0.2) is 36.4 Å². The highest BCUT2D eigenvalue weighted by Crippen LogP contribution is 2.34. The third-order valence-corrected chi connectivity index (χ3v) is 5.13. The van der Waals surface area contributed by atoms with Crippen molar-refractivity contribution in [3.63, 3.8) is 0 Å². The predicted octanol–water partition coefficient (Wildman–Crippen LogP) is 4.43. The number of carbonyl (C=O) groups is 1. The third-order valence-electron chi connectivity index (χ3n) is 4.83. The molecule has 2 unspecified atom stereocenters. The van der Waals surface area contributed by atoms with E-state index in [0.717, 1.165) is 17.1 Å². The molecule has 6 nitrogen and oxygen atoms in total. The number of amides is 1. The molecule has 2 N–H and O–H groups in total.